The van der Waals surface area contributed by atoms with Gasteiger partial charge in [-0.3, -0.25) is 9.59 Å². The summed E-state index contributed by atoms with van der Waals surface area (Å²) in [6, 6.07) is 9.30. The molecule has 0 bridgehead atoms. The zero-order valence-electron chi connectivity index (χ0n) is 9.32. The van der Waals surface area contributed by atoms with Crippen LogP contribution in [0.15, 0.2) is 30.3 Å². The molecule has 1 aliphatic rings. The fourth-order valence-electron chi connectivity index (χ4n) is 2.27. The lowest BCUT2D eigenvalue weighted by Gasteiger charge is -2.06. The van der Waals surface area contributed by atoms with Crippen molar-refractivity contribution in [3.63, 3.8) is 0 Å². The van der Waals surface area contributed by atoms with Crippen LogP contribution in [0.1, 0.15) is 42.5 Å². The normalized spacial score (nSPS) is 20.0. The molecule has 0 saturated heterocycles. The first-order valence-electron chi connectivity index (χ1n) is 5.88. The maximum atomic E-state index is 11.8. The molecular formula is C14H16O2. The number of benzene rings is 1. The lowest BCUT2D eigenvalue weighted by atomic mass is 9.97. The Balaban J connectivity index is 1.87. The van der Waals surface area contributed by atoms with E-state index < -0.39 is 0 Å². The van der Waals surface area contributed by atoms with Gasteiger partial charge in [-0.2, -0.15) is 0 Å². The van der Waals surface area contributed by atoms with Crippen LogP contribution in [0.4, 0.5) is 0 Å². The predicted molar refractivity (Wildman–Crippen MR) is 62.4 cm³/mol. The van der Waals surface area contributed by atoms with Gasteiger partial charge in [0.15, 0.2) is 5.78 Å². The van der Waals surface area contributed by atoms with Crippen LogP contribution < -0.4 is 0 Å². The van der Waals surface area contributed by atoms with Gasteiger partial charge < -0.3 is 0 Å². The van der Waals surface area contributed by atoms with Crippen LogP contribution in [0, 0.1) is 5.92 Å². The molecule has 0 heterocycles. The largest absolute Gasteiger partial charge is 0.299 e. The first-order valence-corrected chi connectivity index (χ1v) is 5.88. The number of carbonyl (C=O) groups is 2. The minimum atomic E-state index is 0.146. The van der Waals surface area contributed by atoms with Gasteiger partial charge >= 0.3 is 0 Å². The summed E-state index contributed by atoms with van der Waals surface area (Å²) in [5.74, 6) is 0.647. The number of carbonyl (C=O) groups excluding carboxylic acids is 2. The summed E-state index contributed by atoms with van der Waals surface area (Å²) < 4.78 is 0. The second kappa shape index (κ2) is 5.06. The van der Waals surface area contributed by atoms with Crippen molar-refractivity contribution < 1.29 is 9.59 Å². The SMILES string of the molecule is O=C(CC[C@@H]1CCCC1=O)c1ccccc1. The summed E-state index contributed by atoms with van der Waals surface area (Å²) in [6.07, 6.45) is 3.92. The number of ketones is 2. The molecule has 1 aromatic rings. The second-order valence-corrected chi connectivity index (χ2v) is 4.38. The molecule has 1 atom stereocenters. The van der Waals surface area contributed by atoms with Gasteiger partial charge in [-0.1, -0.05) is 30.3 Å². The zero-order chi connectivity index (χ0) is 11.4. The van der Waals surface area contributed by atoms with Gasteiger partial charge in [0.2, 0.25) is 0 Å². The molecule has 0 amide bonds. The molecule has 16 heavy (non-hydrogen) atoms. The topological polar surface area (TPSA) is 34.1 Å². The molecule has 1 aliphatic carbocycles. The Morgan fingerprint density at radius 1 is 1.25 bits per heavy atom. The first kappa shape index (κ1) is 11.1. The second-order valence-electron chi connectivity index (χ2n) is 4.38. The molecule has 0 N–H and O–H groups in total. The molecule has 0 aliphatic heterocycles. The van der Waals surface area contributed by atoms with E-state index in [1.54, 1.807) is 0 Å². The number of rotatable bonds is 4. The van der Waals surface area contributed by atoms with Crippen molar-refractivity contribution in [3.05, 3.63) is 35.9 Å². The molecule has 0 aromatic heterocycles. The Morgan fingerprint density at radius 2 is 2.00 bits per heavy atom. The van der Waals surface area contributed by atoms with Gasteiger partial charge in [-0.05, 0) is 19.3 Å². The zero-order valence-corrected chi connectivity index (χ0v) is 9.32. The summed E-state index contributed by atoms with van der Waals surface area (Å²) in [5.41, 5.74) is 0.757. The minimum absolute atomic E-state index is 0.146. The molecule has 2 heteroatoms. The van der Waals surface area contributed by atoms with Crippen molar-refractivity contribution in [2.45, 2.75) is 32.1 Å². The third-order valence-electron chi connectivity index (χ3n) is 3.25. The molecular weight excluding hydrogens is 200 g/mol. The van der Waals surface area contributed by atoms with E-state index in [0.717, 1.165) is 24.8 Å². The van der Waals surface area contributed by atoms with E-state index in [4.69, 9.17) is 0 Å². The number of Topliss-reactive ketones (excluding diaryl/α,β-unsaturated/α-hetero) is 2. The van der Waals surface area contributed by atoms with Gasteiger partial charge in [0.1, 0.15) is 5.78 Å². The molecule has 0 unspecified atom stereocenters. The Bertz CT molecular complexity index is 381. The fourth-order valence-corrected chi connectivity index (χ4v) is 2.27. The maximum Gasteiger partial charge on any atom is 0.162 e. The van der Waals surface area contributed by atoms with E-state index in [0.29, 0.717) is 18.6 Å². The fraction of sp³-hybridized carbons (Fsp3) is 0.429. The standard InChI is InChI=1S/C14H16O2/c15-13-8-4-7-12(13)9-10-14(16)11-5-2-1-3-6-11/h1-3,5-6,12H,4,7-10H2/t12-/m0/s1. The van der Waals surface area contributed by atoms with Crippen LogP contribution in [0.5, 0.6) is 0 Å². The Hall–Kier alpha value is -1.44. The average Bonchev–Trinajstić information content (AvgIpc) is 2.73. The summed E-state index contributed by atoms with van der Waals surface area (Å²) in [5, 5.41) is 0. The van der Waals surface area contributed by atoms with E-state index in [-0.39, 0.29) is 11.7 Å². The van der Waals surface area contributed by atoms with Gasteiger partial charge in [0.25, 0.3) is 0 Å². The number of hydrogen-bond acceptors (Lipinski definition) is 2. The van der Waals surface area contributed by atoms with E-state index in [1.165, 1.54) is 0 Å². The van der Waals surface area contributed by atoms with Gasteiger partial charge in [0, 0.05) is 24.3 Å². The molecule has 1 saturated carbocycles. The van der Waals surface area contributed by atoms with E-state index in [9.17, 15) is 9.59 Å². The summed E-state index contributed by atoms with van der Waals surface area (Å²) in [4.78, 5) is 23.2. The van der Waals surface area contributed by atoms with Crippen molar-refractivity contribution >= 4 is 11.6 Å². The van der Waals surface area contributed by atoms with Crippen LogP contribution in [0.2, 0.25) is 0 Å². The van der Waals surface area contributed by atoms with Crippen LogP contribution in [-0.4, -0.2) is 11.6 Å². The molecule has 2 rings (SSSR count). The molecule has 2 nitrogen and oxygen atoms in total. The van der Waals surface area contributed by atoms with E-state index >= 15 is 0 Å². The first-order chi connectivity index (χ1) is 7.77. The summed E-state index contributed by atoms with van der Waals surface area (Å²) >= 11 is 0. The minimum Gasteiger partial charge on any atom is -0.299 e. The Kier molecular flexibility index (Phi) is 3.50. The van der Waals surface area contributed by atoms with Gasteiger partial charge in [-0.25, -0.2) is 0 Å². The van der Waals surface area contributed by atoms with Crippen LogP contribution in [-0.2, 0) is 4.79 Å². The van der Waals surface area contributed by atoms with E-state index in [1.807, 2.05) is 30.3 Å². The highest BCUT2D eigenvalue weighted by Crippen LogP contribution is 2.25. The average molecular weight is 216 g/mol. The van der Waals surface area contributed by atoms with E-state index in [2.05, 4.69) is 0 Å². The van der Waals surface area contributed by atoms with Crippen molar-refractivity contribution in [1.29, 1.82) is 0 Å². The lowest BCUT2D eigenvalue weighted by molar-refractivity contribution is -0.120. The molecule has 0 spiro atoms. The van der Waals surface area contributed by atoms with Gasteiger partial charge in [0.05, 0.1) is 0 Å². The quantitative estimate of drug-likeness (QED) is 0.725. The van der Waals surface area contributed by atoms with Crippen LogP contribution in [0.25, 0.3) is 0 Å². The molecule has 1 aromatic carbocycles. The van der Waals surface area contributed by atoms with Gasteiger partial charge in [-0.15, -0.1) is 0 Å². The molecule has 0 radical (unpaired) electrons. The van der Waals surface area contributed by atoms with Crippen molar-refractivity contribution in [1.82, 2.24) is 0 Å². The highest BCUT2D eigenvalue weighted by Gasteiger charge is 2.24. The highest BCUT2D eigenvalue weighted by atomic mass is 16.1. The van der Waals surface area contributed by atoms with Crippen molar-refractivity contribution in [3.8, 4) is 0 Å². The van der Waals surface area contributed by atoms with Crippen LogP contribution in [0.3, 0.4) is 0 Å². The lowest BCUT2D eigenvalue weighted by Crippen LogP contribution is -2.09. The van der Waals surface area contributed by atoms with Crippen molar-refractivity contribution in [2.24, 2.45) is 5.92 Å². The number of hydrogen-bond donors (Lipinski definition) is 0. The smallest absolute Gasteiger partial charge is 0.162 e. The Labute approximate surface area is 95.7 Å². The molecule has 1 fully saturated rings. The third-order valence-corrected chi connectivity index (χ3v) is 3.25. The van der Waals surface area contributed by atoms with Crippen LogP contribution >= 0.6 is 0 Å². The van der Waals surface area contributed by atoms with Crippen molar-refractivity contribution in [2.75, 3.05) is 0 Å². The predicted octanol–water partition coefficient (Wildman–Crippen LogP) is 3.02. The Morgan fingerprint density at radius 3 is 2.62 bits per heavy atom. The summed E-state index contributed by atoms with van der Waals surface area (Å²) in [6.45, 7) is 0. The monoisotopic (exact) mass is 216 g/mol. The summed E-state index contributed by atoms with van der Waals surface area (Å²) in [7, 11) is 0. The highest BCUT2D eigenvalue weighted by molar-refractivity contribution is 5.96. The third kappa shape index (κ3) is 2.57. The molecule has 84 valence electrons. The maximum absolute atomic E-state index is 11.8.